The van der Waals surface area contributed by atoms with Crippen molar-refractivity contribution >= 4 is 23.5 Å². The summed E-state index contributed by atoms with van der Waals surface area (Å²) in [5, 5.41) is 13.0. The molecule has 0 aliphatic carbocycles. The summed E-state index contributed by atoms with van der Waals surface area (Å²) in [6, 6.07) is 13.0. The molecule has 4 rings (SSSR count). The topological polar surface area (TPSA) is 104 Å². The minimum atomic E-state index is -0.476. The predicted molar refractivity (Wildman–Crippen MR) is 115 cm³/mol. The van der Waals surface area contributed by atoms with Crippen molar-refractivity contribution < 1.29 is 14.6 Å². The summed E-state index contributed by atoms with van der Waals surface area (Å²) < 4.78 is 5.17. The number of hydrogen-bond acceptors (Lipinski definition) is 6. The molecule has 2 aromatic carbocycles. The molecule has 0 spiro atoms. The first kappa shape index (κ1) is 20.0. The van der Waals surface area contributed by atoms with Crippen molar-refractivity contribution in [1.29, 1.82) is 0 Å². The number of phenolic OH excluding ortho intramolecular Hbond substituents is 1. The van der Waals surface area contributed by atoms with E-state index in [0.717, 1.165) is 5.56 Å². The highest BCUT2D eigenvalue weighted by Gasteiger charge is 2.31. The number of aromatic hydroxyl groups is 1. The van der Waals surface area contributed by atoms with Gasteiger partial charge in [-0.2, -0.15) is 0 Å². The number of phenols is 1. The van der Waals surface area contributed by atoms with Gasteiger partial charge in [0.15, 0.2) is 16.7 Å². The molecule has 3 aromatic rings. The number of nitrogens with zero attached hydrogens (tertiary/aromatic N) is 1. The second kappa shape index (κ2) is 8.23. The number of rotatable bonds is 5. The van der Waals surface area contributed by atoms with Crippen molar-refractivity contribution in [1.82, 2.24) is 9.97 Å². The average molecular weight is 423 g/mol. The van der Waals surface area contributed by atoms with Crippen LogP contribution >= 0.6 is 11.8 Å². The Bertz CT molecular complexity index is 1160. The molecule has 0 fully saturated rings. The van der Waals surface area contributed by atoms with Crippen LogP contribution in [0.15, 0.2) is 52.4 Å². The molecule has 1 amide bonds. The number of fused-ring (bicyclic) bond motifs is 1. The Hall–Kier alpha value is -3.26. The zero-order valence-electron chi connectivity index (χ0n) is 16.6. The third kappa shape index (κ3) is 4.04. The van der Waals surface area contributed by atoms with Gasteiger partial charge in [-0.05, 0) is 30.2 Å². The van der Waals surface area contributed by atoms with Gasteiger partial charge in [0.1, 0.15) is 5.82 Å². The molecular weight excluding hydrogens is 402 g/mol. The highest BCUT2D eigenvalue weighted by Crippen LogP contribution is 2.38. The predicted octanol–water partition coefficient (Wildman–Crippen LogP) is 3.56. The van der Waals surface area contributed by atoms with Gasteiger partial charge < -0.3 is 20.1 Å². The van der Waals surface area contributed by atoms with E-state index in [1.54, 1.807) is 12.1 Å². The third-order valence-corrected chi connectivity index (χ3v) is 5.98. The normalized spacial score (nSPS) is 15.4. The number of aryl methyl sites for hydroxylation is 1. The average Bonchev–Trinajstić information content (AvgIpc) is 2.73. The summed E-state index contributed by atoms with van der Waals surface area (Å²) >= 11 is 1.40. The Morgan fingerprint density at radius 1 is 1.20 bits per heavy atom. The quantitative estimate of drug-likeness (QED) is 0.428. The molecule has 154 valence electrons. The van der Waals surface area contributed by atoms with Crippen LogP contribution in [0.4, 0.5) is 5.82 Å². The van der Waals surface area contributed by atoms with Gasteiger partial charge >= 0.3 is 0 Å². The number of thioether (sulfide) groups is 1. The van der Waals surface area contributed by atoms with Crippen molar-refractivity contribution in [2.75, 3.05) is 12.4 Å². The number of ether oxygens (including phenoxy) is 1. The van der Waals surface area contributed by atoms with Gasteiger partial charge in [0.05, 0.1) is 12.7 Å². The molecule has 0 unspecified atom stereocenters. The van der Waals surface area contributed by atoms with Crippen LogP contribution in [0.5, 0.6) is 11.5 Å². The molecule has 1 aromatic heterocycles. The van der Waals surface area contributed by atoms with E-state index in [1.165, 1.54) is 30.5 Å². The lowest BCUT2D eigenvalue weighted by Gasteiger charge is -2.25. The molecular formula is C22H21N3O4S. The van der Waals surface area contributed by atoms with E-state index in [0.29, 0.717) is 22.0 Å². The van der Waals surface area contributed by atoms with Gasteiger partial charge in [-0.25, -0.2) is 4.98 Å². The monoisotopic (exact) mass is 423 g/mol. The van der Waals surface area contributed by atoms with Crippen LogP contribution in [-0.4, -0.2) is 28.1 Å². The smallest absolute Gasteiger partial charge is 0.257 e. The minimum absolute atomic E-state index is 0.00313. The lowest BCUT2D eigenvalue weighted by Crippen LogP contribution is -2.31. The molecule has 0 saturated carbocycles. The Kier molecular flexibility index (Phi) is 5.50. The number of benzene rings is 2. The van der Waals surface area contributed by atoms with Gasteiger partial charge in [-0.15, -0.1) is 0 Å². The van der Waals surface area contributed by atoms with Crippen LogP contribution in [0.2, 0.25) is 0 Å². The maximum atomic E-state index is 12.9. The summed E-state index contributed by atoms with van der Waals surface area (Å²) in [5.41, 5.74) is 3.12. The highest BCUT2D eigenvalue weighted by atomic mass is 32.2. The first-order valence-electron chi connectivity index (χ1n) is 9.44. The zero-order valence-corrected chi connectivity index (χ0v) is 17.4. The SMILES string of the molecule is COc1cc([C@@H]2CC(=O)Nc3nc(SCc4ccc(C)cc4)[nH]c(=O)c32)ccc1O. The van der Waals surface area contributed by atoms with E-state index in [-0.39, 0.29) is 35.2 Å². The molecule has 7 nitrogen and oxygen atoms in total. The fraction of sp³-hybridized carbons (Fsp3) is 0.227. The largest absolute Gasteiger partial charge is 0.504 e. The fourth-order valence-electron chi connectivity index (χ4n) is 3.45. The van der Waals surface area contributed by atoms with E-state index in [4.69, 9.17) is 4.74 Å². The van der Waals surface area contributed by atoms with Crippen LogP contribution in [0.3, 0.4) is 0 Å². The van der Waals surface area contributed by atoms with Crippen molar-refractivity contribution in [3.05, 3.63) is 75.1 Å². The summed E-state index contributed by atoms with van der Waals surface area (Å²) in [6.07, 6.45) is 0.113. The summed E-state index contributed by atoms with van der Waals surface area (Å²) in [5.74, 6) is 0.515. The molecule has 1 atom stereocenters. The molecule has 1 aliphatic heterocycles. The van der Waals surface area contributed by atoms with Gasteiger partial charge in [0, 0.05) is 18.1 Å². The molecule has 30 heavy (non-hydrogen) atoms. The van der Waals surface area contributed by atoms with Crippen LogP contribution in [0.25, 0.3) is 0 Å². The lowest BCUT2D eigenvalue weighted by atomic mass is 9.86. The van der Waals surface area contributed by atoms with Gasteiger partial charge in [-0.1, -0.05) is 47.7 Å². The number of H-pyrrole nitrogens is 1. The van der Waals surface area contributed by atoms with Crippen molar-refractivity contribution in [3.63, 3.8) is 0 Å². The van der Waals surface area contributed by atoms with Crippen molar-refractivity contribution in [2.24, 2.45) is 0 Å². The van der Waals surface area contributed by atoms with E-state index in [9.17, 15) is 14.7 Å². The number of carbonyl (C=O) groups is 1. The van der Waals surface area contributed by atoms with Crippen LogP contribution in [0.1, 0.15) is 34.6 Å². The Morgan fingerprint density at radius 3 is 2.70 bits per heavy atom. The van der Waals surface area contributed by atoms with Crippen LogP contribution in [-0.2, 0) is 10.5 Å². The Labute approximate surface area is 177 Å². The number of aromatic nitrogens is 2. The number of anilines is 1. The Balaban J connectivity index is 1.66. The summed E-state index contributed by atoms with van der Waals surface area (Å²) in [4.78, 5) is 32.5. The molecule has 8 heteroatoms. The molecule has 0 saturated heterocycles. The van der Waals surface area contributed by atoms with E-state index in [1.807, 2.05) is 31.2 Å². The second-order valence-electron chi connectivity index (χ2n) is 7.14. The van der Waals surface area contributed by atoms with Gasteiger partial charge in [0.2, 0.25) is 5.91 Å². The maximum Gasteiger partial charge on any atom is 0.257 e. The molecule has 1 aliphatic rings. The molecule has 0 radical (unpaired) electrons. The van der Waals surface area contributed by atoms with E-state index >= 15 is 0 Å². The number of nitrogens with one attached hydrogen (secondary N) is 2. The third-order valence-electron chi connectivity index (χ3n) is 5.03. The van der Waals surface area contributed by atoms with Gasteiger partial charge in [0.25, 0.3) is 5.56 Å². The van der Waals surface area contributed by atoms with Crippen LogP contribution in [0, 0.1) is 6.92 Å². The Morgan fingerprint density at radius 2 is 1.97 bits per heavy atom. The minimum Gasteiger partial charge on any atom is -0.504 e. The van der Waals surface area contributed by atoms with Crippen molar-refractivity contribution in [3.8, 4) is 11.5 Å². The number of methoxy groups -OCH3 is 1. The summed E-state index contributed by atoms with van der Waals surface area (Å²) in [6.45, 7) is 2.03. The standard InChI is InChI=1S/C22H21N3O4S/c1-12-3-5-13(6-4-12)11-30-22-24-20-19(21(28)25-22)15(10-18(27)23-20)14-7-8-16(26)17(9-14)29-2/h3-9,15,26H,10-11H2,1-2H3,(H2,23,24,25,27,28)/t15-/m0/s1. The van der Waals surface area contributed by atoms with Crippen molar-refractivity contribution in [2.45, 2.75) is 30.2 Å². The van der Waals surface area contributed by atoms with E-state index < -0.39 is 5.92 Å². The highest BCUT2D eigenvalue weighted by molar-refractivity contribution is 7.98. The number of carbonyl (C=O) groups excluding carboxylic acids is 1. The molecule has 3 N–H and O–H groups in total. The van der Waals surface area contributed by atoms with Gasteiger partial charge in [-0.3, -0.25) is 9.59 Å². The maximum absolute atomic E-state index is 12.9. The molecule has 0 bridgehead atoms. The number of hydrogen-bond donors (Lipinski definition) is 3. The first-order valence-corrected chi connectivity index (χ1v) is 10.4. The summed E-state index contributed by atoms with van der Waals surface area (Å²) in [7, 11) is 1.45. The zero-order chi connectivity index (χ0) is 21.3. The number of aromatic amines is 1. The van der Waals surface area contributed by atoms with Crippen LogP contribution < -0.4 is 15.6 Å². The molecule has 2 heterocycles. The second-order valence-corrected chi connectivity index (χ2v) is 8.11. The lowest BCUT2D eigenvalue weighted by molar-refractivity contribution is -0.116. The first-order chi connectivity index (χ1) is 14.4. The fourth-order valence-corrected chi connectivity index (χ4v) is 4.27. The van der Waals surface area contributed by atoms with E-state index in [2.05, 4.69) is 15.3 Å². The number of amides is 1.